The second kappa shape index (κ2) is 11.0. The van der Waals surface area contributed by atoms with Gasteiger partial charge in [0, 0.05) is 21.0 Å². The molecule has 3 aromatic carbocycles. The monoisotopic (exact) mass is 691 g/mol. The van der Waals surface area contributed by atoms with Crippen molar-refractivity contribution < 1.29 is 18.8 Å². The van der Waals surface area contributed by atoms with Gasteiger partial charge in [-0.15, -0.1) is 0 Å². The molecule has 0 radical (unpaired) electrons. The van der Waals surface area contributed by atoms with Gasteiger partial charge < -0.3 is 5.32 Å². The van der Waals surface area contributed by atoms with Crippen LogP contribution in [0.5, 0.6) is 0 Å². The molecule has 1 N–H and O–H groups in total. The molecule has 13 heteroatoms. The standard InChI is InChI=1S/C28H17BrCl2FN3O4S2/c29-14-3-1-13(2-4-14)21-22-23(26(38)35(25(22)37)17-8-5-15(32)6-9-17)40-27-24(21)41-28(39)34(27)12-20(36)33-16-7-10-18(30)19(31)11-16/h1-11,21-23H,12H2,(H,33,36). The van der Waals surface area contributed by atoms with E-state index in [0.717, 1.165) is 38.0 Å². The smallest absolute Gasteiger partial charge is 0.308 e. The predicted molar refractivity (Wildman–Crippen MR) is 162 cm³/mol. The summed E-state index contributed by atoms with van der Waals surface area (Å²) in [6.45, 7) is -0.313. The molecule has 3 unspecified atom stereocenters. The van der Waals surface area contributed by atoms with Crippen molar-refractivity contribution in [1.29, 1.82) is 0 Å². The van der Waals surface area contributed by atoms with Crippen molar-refractivity contribution >= 4 is 91.3 Å². The van der Waals surface area contributed by atoms with Gasteiger partial charge in [-0.3, -0.25) is 23.7 Å². The number of hydrogen-bond donors (Lipinski definition) is 1. The maximum Gasteiger partial charge on any atom is 0.308 e. The fourth-order valence-electron chi connectivity index (χ4n) is 5.05. The third-order valence-electron chi connectivity index (χ3n) is 6.87. The van der Waals surface area contributed by atoms with Gasteiger partial charge in [0.25, 0.3) is 0 Å². The van der Waals surface area contributed by atoms with Crippen LogP contribution in [0, 0.1) is 11.7 Å². The summed E-state index contributed by atoms with van der Waals surface area (Å²) in [5.74, 6) is -3.27. The Balaban J connectivity index is 1.40. The van der Waals surface area contributed by atoms with E-state index in [0.29, 0.717) is 20.6 Å². The van der Waals surface area contributed by atoms with Crippen molar-refractivity contribution in [2.45, 2.75) is 22.7 Å². The van der Waals surface area contributed by atoms with Crippen molar-refractivity contribution in [3.63, 3.8) is 0 Å². The summed E-state index contributed by atoms with van der Waals surface area (Å²) in [4.78, 5) is 55.1. The van der Waals surface area contributed by atoms with Crippen molar-refractivity contribution in [2.24, 2.45) is 5.92 Å². The molecule has 0 saturated carbocycles. The highest BCUT2D eigenvalue weighted by molar-refractivity contribution is 9.10. The van der Waals surface area contributed by atoms with E-state index in [9.17, 15) is 23.6 Å². The van der Waals surface area contributed by atoms with Crippen LogP contribution in [0.15, 0.2) is 81.0 Å². The average Bonchev–Trinajstić information content (AvgIpc) is 3.38. The van der Waals surface area contributed by atoms with E-state index < -0.39 is 40.6 Å². The van der Waals surface area contributed by atoms with Crippen LogP contribution in [0.1, 0.15) is 16.4 Å². The van der Waals surface area contributed by atoms with E-state index in [1.54, 1.807) is 12.1 Å². The first-order valence-corrected chi connectivity index (χ1v) is 15.4. The number of aromatic nitrogens is 1. The number of nitrogens with one attached hydrogen (secondary N) is 1. The second-order valence-electron chi connectivity index (χ2n) is 9.38. The van der Waals surface area contributed by atoms with E-state index in [1.165, 1.54) is 34.9 Å². The Bertz CT molecular complexity index is 1780. The molecule has 3 amide bonds. The molecular weight excluding hydrogens is 676 g/mol. The maximum atomic E-state index is 13.8. The summed E-state index contributed by atoms with van der Waals surface area (Å²) in [6.07, 6.45) is 0. The normalized spacial score (nSPS) is 19.7. The van der Waals surface area contributed by atoms with Gasteiger partial charge in [-0.2, -0.15) is 0 Å². The van der Waals surface area contributed by atoms with Crippen LogP contribution in [0.25, 0.3) is 0 Å². The molecule has 6 rings (SSSR count). The SMILES string of the molecule is O=C(Cn1c2c(sc1=O)C(c1ccc(Br)cc1)C1C(=O)N(c3ccc(F)cc3)C(=O)C1S2)Nc1ccc(Cl)c(Cl)c1. The third kappa shape index (κ3) is 5.14. The van der Waals surface area contributed by atoms with Gasteiger partial charge in [0.05, 0.1) is 26.7 Å². The number of halogens is 4. The summed E-state index contributed by atoms with van der Waals surface area (Å²) in [6, 6.07) is 17.1. The molecule has 2 aliphatic heterocycles. The lowest BCUT2D eigenvalue weighted by Crippen LogP contribution is -2.33. The molecule has 0 aliphatic carbocycles. The molecule has 0 bridgehead atoms. The molecule has 0 spiro atoms. The Morgan fingerprint density at radius 2 is 1.66 bits per heavy atom. The molecule has 41 heavy (non-hydrogen) atoms. The lowest BCUT2D eigenvalue weighted by molar-refractivity contribution is -0.122. The zero-order valence-corrected chi connectivity index (χ0v) is 25.4. The van der Waals surface area contributed by atoms with E-state index in [2.05, 4.69) is 21.2 Å². The predicted octanol–water partition coefficient (Wildman–Crippen LogP) is 6.55. The number of nitrogens with zero attached hydrogens (tertiary/aromatic N) is 2. The molecule has 208 valence electrons. The molecule has 2 aliphatic rings. The van der Waals surface area contributed by atoms with Gasteiger partial charge in [0.15, 0.2) is 0 Å². The average molecular weight is 693 g/mol. The van der Waals surface area contributed by atoms with E-state index >= 15 is 0 Å². The highest BCUT2D eigenvalue weighted by atomic mass is 79.9. The van der Waals surface area contributed by atoms with Crippen molar-refractivity contribution in [3.8, 4) is 0 Å². The Morgan fingerprint density at radius 3 is 2.34 bits per heavy atom. The molecule has 1 fully saturated rings. The number of amides is 3. The van der Waals surface area contributed by atoms with E-state index in [4.69, 9.17) is 23.2 Å². The highest BCUT2D eigenvalue weighted by Crippen LogP contribution is 2.54. The van der Waals surface area contributed by atoms with Crippen molar-refractivity contribution in [1.82, 2.24) is 4.57 Å². The minimum Gasteiger partial charge on any atom is -0.324 e. The van der Waals surface area contributed by atoms with Gasteiger partial charge >= 0.3 is 4.87 Å². The summed E-state index contributed by atoms with van der Waals surface area (Å²) in [7, 11) is 0. The quantitative estimate of drug-likeness (QED) is 0.240. The van der Waals surface area contributed by atoms with Crippen LogP contribution < -0.4 is 15.1 Å². The minimum absolute atomic E-state index is 0.267. The third-order valence-corrected chi connectivity index (χ3v) is 10.7. The number of hydrogen-bond acceptors (Lipinski definition) is 6. The number of carbonyl (C=O) groups is 3. The van der Waals surface area contributed by atoms with Gasteiger partial charge in [0.2, 0.25) is 17.7 Å². The summed E-state index contributed by atoms with van der Waals surface area (Å²) in [5, 5.41) is 2.92. The zero-order chi connectivity index (χ0) is 29.0. The molecule has 3 heterocycles. The highest BCUT2D eigenvalue weighted by Gasteiger charge is 2.56. The van der Waals surface area contributed by atoms with Gasteiger partial charge in [-0.25, -0.2) is 9.29 Å². The number of anilines is 2. The molecular formula is C28H17BrCl2FN3O4S2. The Kier molecular flexibility index (Phi) is 7.58. The number of fused-ring (bicyclic) bond motifs is 2. The fraction of sp³-hybridized carbons (Fsp3) is 0.143. The molecule has 1 saturated heterocycles. The summed E-state index contributed by atoms with van der Waals surface area (Å²) >= 11 is 17.5. The van der Waals surface area contributed by atoms with Gasteiger partial charge in [-0.05, 0) is 60.2 Å². The number of thiazole rings is 1. The van der Waals surface area contributed by atoms with E-state index in [1.807, 2.05) is 24.3 Å². The second-order valence-corrected chi connectivity index (χ2v) is 13.2. The van der Waals surface area contributed by atoms with Crippen LogP contribution in [0.4, 0.5) is 15.8 Å². The fourth-order valence-corrected chi connectivity index (χ4v) is 8.38. The Labute approximate surface area is 259 Å². The summed E-state index contributed by atoms with van der Waals surface area (Å²) in [5.41, 5.74) is 1.43. The Hall–Kier alpha value is -2.96. The largest absolute Gasteiger partial charge is 0.324 e. The topological polar surface area (TPSA) is 88.5 Å². The number of thioether (sulfide) groups is 1. The lowest BCUT2D eigenvalue weighted by atomic mass is 9.83. The van der Waals surface area contributed by atoms with Crippen LogP contribution in [-0.2, 0) is 20.9 Å². The first-order chi connectivity index (χ1) is 19.6. The number of rotatable bonds is 5. The van der Waals surface area contributed by atoms with Crippen LogP contribution in [0.3, 0.4) is 0 Å². The van der Waals surface area contributed by atoms with Gasteiger partial charge in [0.1, 0.15) is 17.6 Å². The van der Waals surface area contributed by atoms with Crippen LogP contribution in [0.2, 0.25) is 10.0 Å². The summed E-state index contributed by atoms with van der Waals surface area (Å²) < 4.78 is 15.8. The molecule has 3 atom stereocenters. The zero-order valence-electron chi connectivity index (χ0n) is 20.6. The molecule has 7 nitrogen and oxygen atoms in total. The van der Waals surface area contributed by atoms with Crippen LogP contribution in [-0.4, -0.2) is 27.5 Å². The van der Waals surface area contributed by atoms with Gasteiger partial charge in [-0.1, -0.05) is 74.4 Å². The first-order valence-electron chi connectivity index (χ1n) is 12.2. The maximum absolute atomic E-state index is 13.8. The number of carbonyl (C=O) groups excluding carboxylic acids is 3. The number of benzene rings is 3. The minimum atomic E-state index is -0.855. The van der Waals surface area contributed by atoms with Crippen molar-refractivity contribution in [3.05, 3.63) is 107 Å². The first kappa shape index (κ1) is 28.2. The molecule has 1 aromatic heterocycles. The van der Waals surface area contributed by atoms with E-state index in [-0.39, 0.29) is 22.1 Å². The lowest BCUT2D eigenvalue weighted by Gasteiger charge is -2.30. The van der Waals surface area contributed by atoms with Crippen molar-refractivity contribution in [2.75, 3.05) is 10.2 Å². The number of imide groups is 1. The Morgan fingerprint density at radius 1 is 0.951 bits per heavy atom. The molecule has 4 aromatic rings. The van der Waals surface area contributed by atoms with Crippen LogP contribution >= 0.6 is 62.2 Å².